The monoisotopic (exact) mass is 389 g/mol. The van der Waals surface area contributed by atoms with Gasteiger partial charge in [-0.05, 0) is 65.9 Å². The summed E-state index contributed by atoms with van der Waals surface area (Å²) >= 11 is 7.12. The number of carbonyl (C=O) groups is 1. The summed E-state index contributed by atoms with van der Waals surface area (Å²) in [6.45, 7) is 1.79. The Bertz CT molecular complexity index is 883. The molecule has 3 rings (SSSR count). The molecule has 7 nitrogen and oxygen atoms in total. The average molecular weight is 390 g/mol. The molecule has 0 saturated carbocycles. The first-order valence-corrected chi connectivity index (χ1v) is 8.98. The van der Waals surface area contributed by atoms with E-state index >= 15 is 0 Å². The minimum Gasteiger partial charge on any atom is -0.497 e. The van der Waals surface area contributed by atoms with Crippen LogP contribution in [-0.4, -0.2) is 38.5 Å². The van der Waals surface area contributed by atoms with E-state index in [-0.39, 0.29) is 5.91 Å². The molecule has 1 heterocycles. The van der Waals surface area contributed by atoms with E-state index < -0.39 is 5.25 Å². The highest BCUT2D eigenvalue weighted by Gasteiger charge is 2.19. The Balaban J connectivity index is 1.69. The quantitative estimate of drug-likeness (QED) is 0.650. The summed E-state index contributed by atoms with van der Waals surface area (Å²) in [4.78, 5) is 12.4. The van der Waals surface area contributed by atoms with Crippen molar-refractivity contribution in [3.8, 4) is 11.4 Å². The van der Waals surface area contributed by atoms with Gasteiger partial charge in [-0.3, -0.25) is 4.79 Å². The number of methoxy groups -OCH3 is 1. The molecule has 1 atom stereocenters. The van der Waals surface area contributed by atoms with Crippen LogP contribution in [0.15, 0.2) is 53.7 Å². The number of thioether (sulfide) groups is 1. The fourth-order valence-electron chi connectivity index (χ4n) is 2.13. The lowest BCUT2D eigenvalue weighted by Crippen LogP contribution is -2.22. The van der Waals surface area contributed by atoms with Gasteiger partial charge in [-0.25, -0.2) is 0 Å². The van der Waals surface area contributed by atoms with Gasteiger partial charge in [-0.2, -0.15) is 4.68 Å². The lowest BCUT2D eigenvalue weighted by molar-refractivity contribution is -0.115. The zero-order valence-corrected chi connectivity index (χ0v) is 15.7. The number of rotatable bonds is 6. The molecule has 3 aromatic rings. The molecule has 0 aliphatic heterocycles. The predicted octanol–water partition coefficient (Wildman–Crippen LogP) is 3.44. The van der Waals surface area contributed by atoms with Crippen LogP contribution in [0.3, 0.4) is 0 Å². The molecule has 0 aliphatic carbocycles. The number of aromatic nitrogens is 4. The number of halogens is 1. The number of ether oxygens (including phenoxy) is 1. The van der Waals surface area contributed by atoms with E-state index in [1.807, 2.05) is 24.3 Å². The van der Waals surface area contributed by atoms with Gasteiger partial charge in [-0.15, -0.1) is 5.10 Å². The maximum absolute atomic E-state index is 12.4. The van der Waals surface area contributed by atoms with Gasteiger partial charge in [0.25, 0.3) is 0 Å². The van der Waals surface area contributed by atoms with Crippen molar-refractivity contribution in [2.24, 2.45) is 0 Å². The fourth-order valence-corrected chi connectivity index (χ4v) is 3.06. The van der Waals surface area contributed by atoms with Crippen LogP contribution in [0.5, 0.6) is 5.75 Å². The molecule has 2 aromatic carbocycles. The van der Waals surface area contributed by atoms with E-state index in [2.05, 4.69) is 20.8 Å². The second-order valence-electron chi connectivity index (χ2n) is 5.33. The van der Waals surface area contributed by atoms with Gasteiger partial charge >= 0.3 is 0 Å². The van der Waals surface area contributed by atoms with Crippen molar-refractivity contribution in [3.63, 3.8) is 0 Å². The number of anilines is 1. The smallest absolute Gasteiger partial charge is 0.237 e. The Morgan fingerprint density at radius 3 is 2.54 bits per heavy atom. The van der Waals surface area contributed by atoms with Crippen molar-refractivity contribution in [1.29, 1.82) is 0 Å². The zero-order valence-electron chi connectivity index (χ0n) is 14.1. The van der Waals surface area contributed by atoms with Crippen LogP contribution in [0.2, 0.25) is 5.02 Å². The Kier molecular flexibility index (Phi) is 5.75. The molecule has 9 heteroatoms. The molecule has 1 amide bonds. The van der Waals surface area contributed by atoms with Gasteiger partial charge in [0, 0.05) is 10.7 Å². The number of amides is 1. The molecule has 0 fully saturated rings. The second-order valence-corrected chi connectivity index (χ2v) is 7.07. The molecule has 0 saturated heterocycles. The highest BCUT2D eigenvalue weighted by molar-refractivity contribution is 8.00. The first-order chi connectivity index (χ1) is 12.6. The third kappa shape index (κ3) is 4.33. The van der Waals surface area contributed by atoms with Gasteiger partial charge in [-0.1, -0.05) is 23.4 Å². The van der Waals surface area contributed by atoms with E-state index in [4.69, 9.17) is 16.3 Å². The minimum atomic E-state index is -0.395. The van der Waals surface area contributed by atoms with Gasteiger partial charge in [0.05, 0.1) is 18.0 Å². The maximum Gasteiger partial charge on any atom is 0.237 e. The van der Waals surface area contributed by atoms with E-state index in [0.717, 1.165) is 11.4 Å². The summed E-state index contributed by atoms with van der Waals surface area (Å²) < 4.78 is 6.73. The van der Waals surface area contributed by atoms with Crippen LogP contribution < -0.4 is 10.1 Å². The van der Waals surface area contributed by atoms with E-state index in [9.17, 15) is 4.79 Å². The van der Waals surface area contributed by atoms with Gasteiger partial charge in [0.1, 0.15) is 5.75 Å². The van der Waals surface area contributed by atoms with Crippen molar-refractivity contribution in [3.05, 3.63) is 53.6 Å². The van der Waals surface area contributed by atoms with Crippen LogP contribution in [0.25, 0.3) is 5.69 Å². The van der Waals surface area contributed by atoms with Crippen molar-refractivity contribution in [2.75, 3.05) is 12.4 Å². The van der Waals surface area contributed by atoms with Gasteiger partial charge in [0.15, 0.2) is 0 Å². The topological polar surface area (TPSA) is 81.9 Å². The van der Waals surface area contributed by atoms with Gasteiger partial charge in [0.2, 0.25) is 11.1 Å². The average Bonchev–Trinajstić information content (AvgIpc) is 3.11. The number of carbonyl (C=O) groups excluding carboxylic acids is 1. The van der Waals surface area contributed by atoms with Crippen molar-refractivity contribution >= 4 is 35.0 Å². The highest BCUT2D eigenvalue weighted by atomic mass is 35.5. The molecule has 1 N–H and O–H groups in total. The number of nitrogens with one attached hydrogen (secondary N) is 1. The summed E-state index contributed by atoms with van der Waals surface area (Å²) in [5, 5.41) is 15.3. The number of hydrogen-bond acceptors (Lipinski definition) is 6. The van der Waals surface area contributed by atoms with Crippen molar-refractivity contribution in [1.82, 2.24) is 20.2 Å². The largest absolute Gasteiger partial charge is 0.497 e. The first kappa shape index (κ1) is 18.2. The van der Waals surface area contributed by atoms with Crippen LogP contribution in [-0.2, 0) is 4.79 Å². The Morgan fingerprint density at radius 1 is 1.19 bits per heavy atom. The SMILES string of the molecule is COc1ccc(-n2nnnc2S[C@@H](C)C(=O)Nc2ccc(Cl)cc2)cc1. The molecule has 0 spiro atoms. The molecule has 26 heavy (non-hydrogen) atoms. The standard InChI is InChI=1S/C17H16ClN5O2S/c1-11(16(24)19-13-5-3-12(18)4-6-13)26-17-20-21-22-23(17)14-7-9-15(25-2)10-8-14/h3-11H,1-2H3,(H,19,24)/t11-/m0/s1. The van der Waals surface area contributed by atoms with Crippen LogP contribution in [0.1, 0.15) is 6.92 Å². The molecular weight excluding hydrogens is 374 g/mol. The van der Waals surface area contributed by atoms with E-state index in [0.29, 0.717) is 15.9 Å². The molecule has 134 valence electrons. The van der Waals surface area contributed by atoms with Crippen molar-refractivity contribution in [2.45, 2.75) is 17.3 Å². The molecular formula is C17H16ClN5O2S. The third-order valence-electron chi connectivity index (χ3n) is 3.52. The van der Waals surface area contributed by atoms with Crippen molar-refractivity contribution < 1.29 is 9.53 Å². The number of benzene rings is 2. The Morgan fingerprint density at radius 2 is 1.88 bits per heavy atom. The fraction of sp³-hybridized carbons (Fsp3) is 0.176. The lowest BCUT2D eigenvalue weighted by atomic mass is 10.3. The number of hydrogen-bond donors (Lipinski definition) is 1. The number of tetrazole rings is 1. The van der Waals surface area contributed by atoms with E-state index in [1.165, 1.54) is 11.8 Å². The molecule has 1 aromatic heterocycles. The predicted molar refractivity (Wildman–Crippen MR) is 101 cm³/mol. The first-order valence-electron chi connectivity index (χ1n) is 7.72. The zero-order chi connectivity index (χ0) is 18.5. The summed E-state index contributed by atoms with van der Waals surface area (Å²) in [5.41, 5.74) is 1.46. The lowest BCUT2D eigenvalue weighted by Gasteiger charge is -2.12. The summed E-state index contributed by atoms with van der Waals surface area (Å²) in [5.74, 6) is 0.591. The normalized spacial score (nSPS) is 11.8. The Hall–Kier alpha value is -2.58. The third-order valence-corrected chi connectivity index (χ3v) is 4.81. The molecule has 0 bridgehead atoms. The summed E-state index contributed by atoms with van der Waals surface area (Å²) in [7, 11) is 1.61. The van der Waals surface area contributed by atoms with E-state index in [1.54, 1.807) is 43.0 Å². The number of nitrogens with zero attached hydrogens (tertiary/aromatic N) is 4. The highest BCUT2D eigenvalue weighted by Crippen LogP contribution is 2.25. The summed E-state index contributed by atoms with van der Waals surface area (Å²) in [6.07, 6.45) is 0. The molecule has 0 aliphatic rings. The maximum atomic E-state index is 12.4. The van der Waals surface area contributed by atoms with Gasteiger partial charge < -0.3 is 10.1 Å². The van der Waals surface area contributed by atoms with Crippen LogP contribution in [0.4, 0.5) is 5.69 Å². The Labute approximate surface area is 159 Å². The minimum absolute atomic E-state index is 0.151. The molecule has 0 unspecified atom stereocenters. The van der Waals surface area contributed by atoms with Crippen LogP contribution in [0, 0.1) is 0 Å². The van der Waals surface area contributed by atoms with Crippen LogP contribution >= 0.6 is 23.4 Å². The molecule has 0 radical (unpaired) electrons. The summed E-state index contributed by atoms with van der Waals surface area (Å²) in [6, 6.07) is 14.3. The second kappa shape index (κ2) is 8.20.